The van der Waals surface area contributed by atoms with Gasteiger partial charge in [-0.1, -0.05) is 36.4 Å². The molecule has 0 fully saturated rings. The average molecular weight is 481 g/mol. The van der Waals surface area contributed by atoms with Crippen molar-refractivity contribution in [3.8, 4) is 11.5 Å². The van der Waals surface area contributed by atoms with Gasteiger partial charge in [0.1, 0.15) is 17.3 Å². The summed E-state index contributed by atoms with van der Waals surface area (Å²) in [6.45, 7) is 5.92. The van der Waals surface area contributed by atoms with Crippen molar-refractivity contribution in [2.24, 2.45) is 0 Å². The molecule has 0 amide bonds. The number of hydrogen-bond donors (Lipinski definition) is 1. The van der Waals surface area contributed by atoms with Crippen molar-refractivity contribution >= 4 is 23.0 Å². The maximum absolute atomic E-state index is 14.6. The van der Waals surface area contributed by atoms with Gasteiger partial charge in [0.15, 0.2) is 5.60 Å². The predicted molar refractivity (Wildman–Crippen MR) is 138 cm³/mol. The zero-order chi connectivity index (χ0) is 24.9. The summed E-state index contributed by atoms with van der Waals surface area (Å²) in [5, 5.41) is 3.22. The first-order valence-corrected chi connectivity index (χ1v) is 12.1. The fraction of sp³-hybridized carbons (Fsp3) is 0.167. The van der Waals surface area contributed by atoms with Crippen LogP contribution in [0.4, 0.5) is 21.5 Å². The summed E-state index contributed by atoms with van der Waals surface area (Å²) in [7, 11) is 0. The van der Waals surface area contributed by atoms with Crippen molar-refractivity contribution in [3.05, 3.63) is 113 Å². The Labute approximate surface area is 209 Å². The van der Waals surface area contributed by atoms with E-state index in [0.29, 0.717) is 34.0 Å². The van der Waals surface area contributed by atoms with Crippen molar-refractivity contribution < 1.29 is 18.7 Å². The van der Waals surface area contributed by atoms with Gasteiger partial charge in [-0.25, -0.2) is 9.18 Å². The normalized spacial score (nSPS) is 17.0. The molecule has 0 aliphatic carbocycles. The molecule has 1 N–H and O–H groups in total. The van der Waals surface area contributed by atoms with Gasteiger partial charge in [0.05, 0.1) is 22.5 Å². The molecule has 4 aromatic carbocycles. The second-order valence-electron chi connectivity index (χ2n) is 8.85. The van der Waals surface area contributed by atoms with E-state index in [-0.39, 0.29) is 5.82 Å². The molecule has 6 rings (SSSR count). The zero-order valence-electron chi connectivity index (χ0n) is 20.0. The number of esters is 1. The number of carbonyl (C=O) groups is 1. The van der Waals surface area contributed by atoms with Gasteiger partial charge in [-0.15, -0.1) is 0 Å². The SMILES string of the molecule is CCN(CC)c1ccc2c(c1)Oc1cccc(Nc3ccccc3F)c1C21OC(=O)c2ccccc21. The number of anilines is 3. The van der Waals surface area contributed by atoms with Crippen LogP contribution in [0.25, 0.3) is 0 Å². The fourth-order valence-corrected chi connectivity index (χ4v) is 5.32. The number of para-hydroxylation sites is 1. The standard InChI is InChI=1S/C30H25FN2O3/c1-3-33(4-2)19-16-17-22-27(18-19)35-26-15-9-14-25(32-24-13-8-7-12-23(24)31)28(26)30(22)21-11-6-5-10-20(21)29(34)36-30/h5-18,32H,3-4H2,1-2H3. The topological polar surface area (TPSA) is 50.8 Å². The average Bonchev–Trinajstić information content (AvgIpc) is 3.19. The molecule has 0 bridgehead atoms. The van der Waals surface area contributed by atoms with E-state index < -0.39 is 11.6 Å². The number of halogens is 1. The number of carbonyl (C=O) groups excluding carboxylic acids is 1. The third-order valence-electron chi connectivity index (χ3n) is 6.99. The highest BCUT2D eigenvalue weighted by Crippen LogP contribution is 2.58. The largest absolute Gasteiger partial charge is 0.456 e. The monoisotopic (exact) mass is 480 g/mol. The second-order valence-corrected chi connectivity index (χ2v) is 8.85. The molecule has 1 atom stereocenters. The summed E-state index contributed by atoms with van der Waals surface area (Å²) < 4.78 is 27.4. The summed E-state index contributed by atoms with van der Waals surface area (Å²) in [5.41, 5.74) is 3.30. The maximum Gasteiger partial charge on any atom is 0.340 e. The summed E-state index contributed by atoms with van der Waals surface area (Å²) in [5.74, 6) is 0.386. The van der Waals surface area contributed by atoms with Crippen LogP contribution in [0.15, 0.2) is 84.9 Å². The lowest BCUT2D eigenvalue weighted by molar-refractivity contribution is 0.0227. The fourth-order valence-electron chi connectivity index (χ4n) is 5.32. The smallest absolute Gasteiger partial charge is 0.340 e. The van der Waals surface area contributed by atoms with Crippen LogP contribution in [0, 0.1) is 5.82 Å². The third kappa shape index (κ3) is 3.18. The third-order valence-corrected chi connectivity index (χ3v) is 6.99. The lowest BCUT2D eigenvalue weighted by atomic mass is 9.77. The molecule has 5 nitrogen and oxygen atoms in total. The molecular formula is C30H25FN2O3. The van der Waals surface area contributed by atoms with E-state index in [1.807, 2.05) is 54.6 Å². The first-order chi connectivity index (χ1) is 17.6. The molecular weight excluding hydrogens is 455 g/mol. The van der Waals surface area contributed by atoms with Crippen LogP contribution in [-0.2, 0) is 10.3 Å². The van der Waals surface area contributed by atoms with Crippen LogP contribution in [0.5, 0.6) is 11.5 Å². The molecule has 2 heterocycles. The lowest BCUT2D eigenvalue weighted by Gasteiger charge is -2.38. The Hall–Kier alpha value is -4.32. The van der Waals surface area contributed by atoms with E-state index in [1.165, 1.54) is 6.07 Å². The second kappa shape index (κ2) is 8.41. The minimum Gasteiger partial charge on any atom is -0.456 e. The van der Waals surface area contributed by atoms with Crippen LogP contribution < -0.4 is 15.0 Å². The molecule has 0 saturated heterocycles. The van der Waals surface area contributed by atoms with Gasteiger partial charge in [0.25, 0.3) is 0 Å². The molecule has 1 unspecified atom stereocenters. The number of rotatable bonds is 5. The minimum atomic E-state index is -1.24. The molecule has 4 aromatic rings. The van der Waals surface area contributed by atoms with Gasteiger partial charge in [-0.3, -0.25) is 0 Å². The predicted octanol–water partition coefficient (Wildman–Crippen LogP) is 6.98. The molecule has 2 aliphatic heterocycles. The molecule has 2 aliphatic rings. The number of fused-ring (bicyclic) bond motifs is 6. The molecule has 1 spiro atoms. The van der Waals surface area contributed by atoms with Crippen molar-refractivity contribution in [1.29, 1.82) is 0 Å². The number of hydrogen-bond acceptors (Lipinski definition) is 5. The Morgan fingerprint density at radius 1 is 0.833 bits per heavy atom. The highest BCUT2D eigenvalue weighted by molar-refractivity contribution is 5.97. The van der Waals surface area contributed by atoms with Gasteiger partial charge in [-0.2, -0.15) is 0 Å². The Morgan fingerprint density at radius 3 is 2.39 bits per heavy atom. The van der Waals surface area contributed by atoms with Crippen LogP contribution >= 0.6 is 0 Å². The highest BCUT2D eigenvalue weighted by atomic mass is 19.1. The van der Waals surface area contributed by atoms with E-state index in [0.717, 1.165) is 29.9 Å². The molecule has 6 heteroatoms. The molecule has 0 saturated carbocycles. The molecule has 180 valence electrons. The molecule has 0 aromatic heterocycles. The molecule has 36 heavy (non-hydrogen) atoms. The number of nitrogens with one attached hydrogen (secondary N) is 1. The van der Waals surface area contributed by atoms with E-state index in [9.17, 15) is 9.18 Å². The first kappa shape index (κ1) is 22.2. The molecule has 0 radical (unpaired) electrons. The zero-order valence-corrected chi connectivity index (χ0v) is 20.0. The van der Waals surface area contributed by atoms with Crippen LogP contribution in [0.3, 0.4) is 0 Å². The lowest BCUT2D eigenvalue weighted by Crippen LogP contribution is -2.34. The van der Waals surface area contributed by atoms with E-state index in [4.69, 9.17) is 9.47 Å². The minimum absolute atomic E-state index is 0.321. The maximum atomic E-state index is 14.6. The van der Waals surface area contributed by atoms with Gasteiger partial charge in [0.2, 0.25) is 0 Å². The van der Waals surface area contributed by atoms with Crippen molar-refractivity contribution in [2.45, 2.75) is 19.4 Å². The van der Waals surface area contributed by atoms with Crippen LogP contribution in [0.1, 0.15) is 40.9 Å². The van der Waals surface area contributed by atoms with E-state index in [2.05, 4.69) is 24.1 Å². The van der Waals surface area contributed by atoms with Gasteiger partial charge < -0.3 is 19.7 Å². The van der Waals surface area contributed by atoms with Crippen molar-refractivity contribution in [3.63, 3.8) is 0 Å². The number of ether oxygens (including phenoxy) is 2. The summed E-state index contributed by atoms with van der Waals surface area (Å²) in [6.07, 6.45) is 0. The van der Waals surface area contributed by atoms with E-state index in [1.54, 1.807) is 24.3 Å². The number of nitrogens with zero attached hydrogens (tertiary/aromatic N) is 1. The van der Waals surface area contributed by atoms with Gasteiger partial charge in [-0.05, 0) is 56.3 Å². The quantitative estimate of drug-likeness (QED) is 0.312. The highest BCUT2D eigenvalue weighted by Gasteiger charge is 2.54. The van der Waals surface area contributed by atoms with Crippen molar-refractivity contribution in [2.75, 3.05) is 23.3 Å². The van der Waals surface area contributed by atoms with Gasteiger partial charge >= 0.3 is 5.97 Å². The van der Waals surface area contributed by atoms with Gasteiger partial charge in [0, 0.05) is 36.0 Å². The Morgan fingerprint density at radius 2 is 1.58 bits per heavy atom. The summed E-state index contributed by atoms with van der Waals surface area (Å²) in [6, 6.07) is 25.4. The first-order valence-electron chi connectivity index (χ1n) is 12.1. The number of benzene rings is 4. The van der Waals surface area contributed by atoms with Crippen molar-refractivity contribution in [1.82, 2.24) is 0 Å². The Bertz CT molecular complexity index is 1500. The summed E-state index contributed by atoms with van der Waals surface area (Å²) >= 11 is 0. The van der Waals surface area contributed by atoms with Crippen LogP contribution in [-0.4, -0.2) is 19.1 Å². The Kier molecular flexibility index (Phi) is 5.18. The van der Waals surface area contributed by atoms with E-state index >= 15 is 0 Å². The Balaban J connectivity index is 1.62. The summed E-state index contributed by atoms with van der Waals surface area (Å²) in [4.78, 5) is 15.4. The van der Waals surface area contributed by atoms with Crippen LogP contribution in [0.2, 0.25) is 0 Å².